The molecule has 2 saturated heterocycles. The number of phenols is 1. The molecule has 13 heteroatoms. The lowest BCUT2D eigenvalue weighted by molar-refractivity contribution is 0.107. The Morgan fingerprint density at radius 3 is 2.89 bits per heavy atom. The molecule has 2 fully saturated rings. The van der Waals surface area contributed by atoms with E-state index >= 15 is 0 Å². The molecule has 0 amide bonds. The fraction of sp³-hybridized carbons (Fsp3) is 0.344. The van der Waals surface area contributed by atoms with E-state index in [1.165, 1.54) is 24.3 Å². The molecule has 0 saturated carbocycles. The van der Waals surface area contributed by atoms with Crippen LogP contribution in [0.3, 0.4) is 0 Å². The second kappa shape index (κ2) is 10.8. The van der Waals surface area contributed by atoms with Crippen LogP contribution in [0.2, 0.25) is 0 Å². The SMILES string of the molecule is C#Cc1c(F)ccc2cc(O)cc(-c3oc(=O)c4c(NCc5n[nH]c(C)n5)nc(OC[C@@]56CCCN5C[C@H](F)C6)nc4c3C)c12. The highest BCUT2D eigenvalue weighted by atomic mass is 19.1. The number of fused-ring (bicyclic) bond motifs is 3. The van der Waals surface area contributed by atoms with Gasteiger partial charge in [-0.15, -0.1) is 6.42 Å². The summed E-state index contributed by atoms with van der Waals surface area (Å²) in [7, 11) is 0. The van der Waals surface area contributed by atoms with Crippen molar-refractivity contribution in [3.8, 4) is 35.4 Å². The lowest BCUT2D eigenvalue weighted by atomic mass is 9.95. The van der Waals surface area contributed by atoms with E-state index in [0.717, 1.165) is 19.4 Å². The number of aromatic hydroxyl groups is 1. The van der Waals surface area contributed by atoms with Gasteiger partial charge in [-0.1, -0.05) is 12.0 Å². The van der Waals surface area contributed by atoms with Crippen LogP contribution in [0.4, 0.5) is 14.6 Å². The van der Waals surface area contributed by atoms with Crippen LogP contribution in [-0.2, 0) is 6.54 Å². The highest BCUT2D eigenvalue weighted by Gasteiger charge is 2.49. The minimum atomic E-state index is -0.933. The molecule has 0 aliphatic carbocycles. The summed E-state index contributed by atoms with van der Waals surface area (Å²) < 4.78 is 41.3. The summed E-state index contributed by atoms with van der Waals surface area (Å²) >= 11 is 0. The number of aryl methyl sites for hydroxylation is 2. The highest BCUT2D eigenvalue weighted by molar-refractivity contribution is 6.03. The average molecular weight is 614 g/mol. The molecule has 2 aliphatic rings. The summed E-state index contributed by atoms with van der Waals surface area (Å²) in [4.78, 5) is 29.3. The van der Waals surface area contributed by atoms with E-state index in [2.05, 4.69) is 41.3 Å². The highest BCUT2D eigenvalue weighted by Crippen LogP contribution is 2.41. The molecule has 0 unspecified atom stereocenters. The Morgan fingerprint density at radius 2 is 2.11 bits per heavy atom. The largest absolute Gasteiger partial charge is 0.508 e. The molecule has 5 aromatic rings. The van der Waals surface area contributed by atoms with Gasteiger partial charge >= 0.3 is 11.6 Å². The van der Waals surface area contributed by atoms with Crippen LogP contribution in [0.5, 0.6) is 11.8 Å². The van der Waals surface area contributed by atoms with Crippen molar-refractivity contribution in [2.24, 2.45) is 0 Å². The van der Waals surface area contributed by atoms with Crippen LogP contribution < -0.4 is 15.7 Å². The van der Waals surface area contributed by atoms with E-state index in [-0.39, 0.29) is 58.5 Å². The molecule has 5 heterocycles. The maximum Gasteiger partial charge on any atom is 0.349 e. The number of H-pyrrole nitrogens is 1. The molecule has 11 nitrogen and oxygen atoms in total. The third-order valence-corrected chi connectivity index (χ3v) is 8.71. The van der Waals surface area contributed by atoms with Gasteiger partial charge in [0, 0.05) is 29.5 Å². The molecule has 0 bridgehead atoms. The number of aromatic nitrogens is 5. The van der Waals surface area contributed by atoms with Crippen LogP contribution in [-0.4, -0.2) is 66.6 Å². The number of halogens is 2. The van der Waals surface area contributed by atoms with Crippen molar-refractivity contribution in [1.29, 1.82) is 0 Å². The molecule has 3 N–H and O–H groups in total. The van der Waals surface area contributed by atoms with Gasteiger partial charge in [0.15, 0.2) is 5.82 Å². The second-order valence-corrected chi connectivity index (χ2v) is 11.6. The molecule has 0 radical (unpaired) electrons. The smallest absolute Gasteiger partial charge is 0.349 e. The van der Waals surface area contributed by atoms with E-state index in [4.69, 9.17) is 15.6 Å². The molecule has 0 spiro atoms. The zero-order valence-electron chi connectivity index (χ0n) is 24.6. The maximum absolute atomic E-state index is 14.8. The molecule has 3 aromatic heterocycles. The molecular weight excluding hydrogens is 584 g/mol. The monoisotopic (exact) mass is 613 g/mol. The Morgan fingerprint density at radius 1 is 1.27 bits per heavy atom. The number of nitrogens with zero attached hydrogens (tertiary/aromatic N) is 5. The minimum Gasteiger partial charge on any atom is -0.508 e. The van der Waals surface area contributed by atoms with Gasteiger partial charge in [0.05, 0.1) is 23.2 Å². The summed E-state index contributed by atoms with van der Waals surface area (Å²) in [5.41, 5.74) is -0.431. The standard InChI is InChI=1S/C32H29F2N7O4/c1-4-21-23(34)7-6-18-10-20(42)11-22(25(18)21)28-16(2)27-26(30(43)45-28)29(35-13-24-36-17(3)39-40-24)38-31(37-27)44-15-32-8-5-9-41(32)14-19(33)12-32/h1,6-7,10-11,19,42H,5,8-9,12-15H2,2-3H3,(H,35,37,38)(H,36,39,40)/t19-,32+/m1/s1. The van der Waals surface area contributed by atoms with Gasteiger partial charge in [-0.3, -0.25) is 10.00 Å². The number of nitrogens with one attached hydrogen (secondary N) is 2. The number of hydrogen-bond donors (Lipinski definition) is 3. The summed E-state index contributed by atoms with van der Waals surface area (Å²) in [6, 6.07) is 5.50. The fourth-order valence-corrected chi connectivity index (χ4v) is 6.71. The molecule has 230 valence electrons. The van der Waals surface area contributed by atoms with Gasteiger partial charge in [0.1, 0.15) is 47.1 Å². The Balaban J connectivity index is 1.38. The fourth-order valence-electron chi connectivity index (χ4n) is 6.71. The van der Waals surface area contributed by atoms with E-state index in [0.29, 0.717) is 41.0 Å². The van der Waals surface area contributed by atoms with Gasteiger partial charge < -0.3 is 19.6 Å². The van der Waals surface area contributed by atoms with Crippen molar-refractivity contribution in [1.82, 2.24) is 30.0 Å². The lowest BCUT2D eigenvalue weighted by Crippen LogP contribution is -2.43. The number of anilines is 1. The summed E-state index contributed by atoms with van der Waals surface area (Å²) in [6.45, 7) is 4.92. The maximum atomic E-state index is 14.8. The molecule has 2 atom stereocenters. The third kappa shape index (κ3) is 4.91. The van der Waals surface area contributed by atoms with Gasteiger partial charge in [0.25, 0.3) is 0 Å². The first-order valence-electron chi connectivity index (χ1n) is 14.6. The first-order valence-corrected chi connectivity index (χ1v) is 14.6. The Bertz CT molecular complexity index is 2090. The number of ether oxygens (including phenoxy) is 1. The Kier molecular flexibility index (Phi) is 6.89. The number of phenolic OH excluding ortho intramolecular Hbond substituents is 1. The van der Waals surface area contributed by atoms with Gasteiger partial charge in [-0.05, 0) is 56.8 Å². The van der Waals surface area contributed by atoms with E-state index in [1.807, 2.05) is 0 Å². The summed E-state index contributed by atoms with van der Waals surface area (Å²) in [6.07, 6.45) is 6.85. The van der Waals surface area contributed by atoms with Crippen molar-refractivity contribution in [2.45, 2.75) is 51.4 Å². The lowest BCUT2D eigenvalue weighted by Gasteiger charge is -2.30. The summed E-state index contributed by atoms with van der Waals surface area (Å²) in [5.74, 6) is 2.85. The van der Waals surface area contributed by atoms with Gasteiger partial charge in [-0.25, -0.2) is 18.6 Å². The first kappa shape index (κ1) is 28.7. The molecule has 45 heavy (non-hydrogen) atoms. The topological polar surface area (TPSA) is 142 Å². The number of alkyl halides is 1. The third-order valence-electron chi connectivity index (χ3n) is 8.71. The Labute approximate surface area is 255 Å². The number of terminal acetylenes is 1. The number of aromatic amines is 1. The van der Waals surface area contributed by atoms with Crippen molar-refractivity contribution < 1.29 is 23.0 Å². The van der Waals surface area contributed by atoms with E-state index in [9.17, 15) is 18.7 Å². The van der Waals surface area contributed by atoms with Gasteiger partial charge in [0.2, 0.25) is 0 Å². The van der Waals surface area contributed by atoms with Crippen LogP contribution in [0.25, 0.3) is 33.0 Å². The number of rotatable bonds is 7. The van der Waals surface area contributed by atoms with E-state index < -0.39 is 23.2 Å². The molecule has 2 aliphatic heterocycles. The van der Waals surface area contributed by atoms with Gasteiger partial charge in [-0.2, -0.15) is 15.1 Å². The minimum absolute atomic E-state index is 0.0181. The van der Waals surface area contributed by atoms with Crippen molar-refractivity contribution >= 4 is 27.5 Å². The van der Waals surface area contributed by atoms with Crippen molar-refractivity contribution in [3.05, 3.63) is 63.3 Å². The van der Waals surface area contributed by atoms with Crippen molar-refractivity contribution in [2.75, 3.05) is 25.0 Å². The van der Waals surface area contributed by atoms with Crippen LogP contribution in [0.15, 0.2) is 33.5 Å². The predicted octanol–water partition coefficient (Wildman–Crippen LogP) is 4.53. The van der Waals surface area contributed by atoms with Crippen LogP contribution >= 0.6 is 0 Å². The second-order valence-electron chi connectivity index (χ2n) is 11.6. The van der Waals surface area contributed by atoms with Crippen molar-refractivity contribution in [3.63, 3.8) is 0 Å². The predicted molar refractivity (Wildman–Crippen MR) is 162 cm³/mol. The van der Waals surface area contributed by atoms with Crippen LogP contribution in [0.1, 0.15) is 42.0 Å². The molecular formula is C32H29F2N7O4. The Hall–Kier alpha value is -5.09. The zero-order valence-corrected chi connectivity index (χ0v) is 24.6. The summed E-state index contributed by atoms with van der Waals surface area (Å²) in [5, 5.41) is 21.4. The molecule has 7 rings (SSSR count). The quantitative estimate of drug-likeness (QED) is 0.224. The normalized spacial score (nSPS) is 19.7. The number of hydrogen-bond acceptors (Lipinski definition) is 10. The average Bonchev–Trinajstić information content (AvgIpc) is 3.69. The van der Waals surface area contributed by atoms with Crippen LogP contribution in [0, 0.1) is 32.0 Å². The molecule has 2 aromatic carbocycles. The zero-order chi connectivity index (χ0) is 31.5. The first-order chi connectivity index (χ1) is 21.7. The number of benzene rings is 2. The van der Waals surface area contributed by atoms with E-state index in [1.54, 1.807) is 13.8 Å².